The van der Waals surface area contributed by atoms with Gasteiger partial charge >= 0.3 is 0 Å². The number of aryl methyl sites for hydroxylation is 1. The van der Waals surface area contributed by atoms with Gasteiger partial charge in [-0.25, -0.2) is 9.97 Å². The van der Waals surface area contributed by atoms with Crippen molar-refractivity contribution in [2.75, 3.05) is 24.3 Å². The van der Waals surface area contributed by atoms with Gasteiger partial charge in [-0.1, -0.05) is 0 Å². The number of rotatable bonds is 4. The smallest absolute Gasteiger partial charge is 0.265 e. The van der Waals surface area contributed by atoms with E-state index in [0.29, 0.717) is 24.3 Å². The monoisotopic (exact) mass is 234 g/mol. The van der Waals surface area contributed by atoms with Gasteiger partial charge in [0.2, 0.25) is 11.8 Å². The molecule has 0 aliphatic heterocycles. The van der Waals surface area contributed by atoms with Gasteiger partial charge in [-0.15, -0.1) is 0 Å². The Hall–Kier alpha value is -2.18. The van der Waals surface area contributed by atoms with E-state index in [9.17, 15) is 0 Å². The van der Waals surface area contributed by atoms with Crippen LogP contribution in [0.1, 0.15) is 11.6 Å². The fourth-order valence-corrected chi connectivity index (χ4v) is 1.19. The Labute approximate surface area is 98.9 Å². The molecule has 0 aromatic carbocycles. The first-order chi connectivity index (χ1) is 8.15. The van der Waals surface area contributed by atoms with Crippen LogP contribution in [0.5, 0.6) is 0 Å². The lowest BCUT2D eigenvalue weighted by Crippen LogP contribution is -2.10. The highest BCUT2D eigenvalue weighted by Crippen LogP contribution is 2.07. The highest BCUT2D eigenvalue weighted by molar-refractivity contribution is 5.27. The minimum Gasteiger partial charge on any atom is -0.345 e. The van der Waals surface area contributed by atoms with E-state index in [2.05, 4.69) is 25.4 Å². The molecule has 0 spiro atoms. The summed E-state index contributed by atoms with van der Waals surface area (Å²) < 4.78 is 5.06. The van der Waals surface area contributed by atoms with Crippen molar-refractivity contribution < 1.29 is 4.52 Å². The molecule has 7 heteroatoms. The van der Waals surface area contributed by atoms with Gasteiger partial charge in [0, 0.05) is 26.0 Å². The molecule has 0 radical (unpaired) electrons. The van der Waals surface area contributed by atoms with E-state index in [4.69, 9.17) is 4.52 Å². The first kappa shape index (κ1) is 11.3. The summed E-state index contributed by atoms with van der Waals surface area (Å²) in [6.07, 6.45) is 1.70. The summed E-state index contributed by atoms with van der Waals surface area (Å²) in [5.74, 6) is 1.60. The number of aromatic nitrogens is 4. The maximum atomic E-state index is 5.06. The zero-order valence-corrected chi connectivity index (χ0v) is 10.0. The van der Waals surface area contributed by atoms with Crippen molar-refractivity contribution in [3.63, 3.8) is 0 Å². The molecule has 90 valence electrons. The summed E-state index contributed by atoms with van der Waals surface area (Å²) in [6, 6.07) is 1.84. The van der Waals surface area contributed by atoms with Crippen LogP contribution in [0, 0.1) is 6.92 Å². The molecule has 0 saturated carbocycles. The Morgan fingerprint density at radius 1 is 1.35 bits per heavy atom. The summed E-state index contributed by atoms with van der Waals surface area (Å²) in [5.41, 5.74) is 0.905. The van der Waals surface area contributed by atoms with Crippen LogP contribution in [-0.4, -0.2) is 34.2 Å². The van der Waals surface area contributed by atoms with Gasteiger partial charge in [-0.3, -0.25) is 0 Å². The Balaban J connectivity index is 1.97. The van der Waals surface area contributed by atoms with Gasteiger partial charge in [0.1, 0.15) is 0 Å². The Morgan fingerprint density at radius 2 is 2.18 bits per heavy atom. The zero-order chi connectivity index (χ0) is 12.3. The number of nitrogens with one attached hydrogen (secondary N) is 1. The Kier molecular flexibility index (Phi) is 3.17. The molecule has 0 amide bonds. The average Bonchev–Trinajstić information content (AvgIpc) is 2.75. The largest absolute Gasteiger partial charge is 0.345 e. The highest BCUT2D eigenvalue weighted by atomic mass is 16.5. The molecule has 2 heterocycles. The normalized spacial score (nSPS) is 10.3. The molecule has 1 N–H and O–H groups in total. The average molecular weight is 234 g/mol. The van der Waals surface area contributed by atoms with Crippen molar-refractivity contribution in [2.45, 2.75) is 13.5 Å². The number of nitrogens with zero attached hydrogens (tertiary/aromatic N) is 5. The van der Waals surface area contributed by atoms with E-state index in [1.807, 2.05) is 27.1 Å². The highest BCUT2D eigenvalue weighted by Gasteiger charge is 2.07. The molecule has 0 aliphatic rings. The lowest BCUT2D eigenvalue weighted by molar-refractivity contribution is 0.383. The molecule has 7 nitrogen and oxygen atoms in total. The predicted octanol–water partition coefficient (Wildman–Crippen LogP) is 0.846. The van der Waals surface area contributed by atoms with Crippen LogP contribution in [-0.2, 0) is 6.54 Å². The van der Waals surface area contributed by atoms with E-state index in [1.165, 1.54) is 0 Å². The number of hydrogen-bond acceptors (Lipinski definition) is 7. The first-order valence-electron chi connectivity index (χ1n) is 5.18. The Bertz CT molecular complexity index is 495. The predicted molar refractivity (Wildman–Crippen MR) is 62.7 cm³/mol. The van der Waals surface area contributed by atoms with E-state index in [-0.39, 0.29) is 0 Å². The molecule has 2 aromatic heterocycles. The second-order valence-corrected chi connectivity index (χ2v) is 3.76. The van der Waals surface area contributed by atoms with Crippen LogP contribution in [0.25, 0.3) is 0 Å². The minimum absolute atomic E-state index is 0.407. The summed E-state index contributed by atoms with van der Waals surface area (Å²) in [5, 5.41) is 6.82. The second-order valence-electron chi connectivity index (χ2n) is 3.76. The summed E-state index contributed by atoms with van der Waals surface area (Å²) in [4.78, 5) is 14.2. The van der Waals surface area contributed by atoms with Crippen LogP contribution in [0.2, 0.25) is 0 Å². The van der Waals surface area contributed by atoms with Crippen molar-refractivity contribution >= 4 is 11.9 Å². The SMILES string of the molecule is Cc1ccnc(NCc2nc(N(C)C)no2)n1. The van der Waals surface area contributed by atoms with Gasteiger partial charge in [0.25, 0.3) is 5.95 Å². The van der Waals surface area contributed by atoms with Crippen LogP contribution < -0.4 is 10.2 Å². The molecule has 0 aliphatic carbocycles. The molecule has 0 bridgehead atoms. The number of anilines is 2. The van der Waals surface area contributed by atoms with Crippen molar-refractivity contribution in [1.82, 2.24) is 20.1 Å². The third kappa shape index (κ3) is 2.90. The van der Waals surface area contributed by atoms with E-state index < -0.39 is 0 Å². The first-order valence-corrected chi connectivity index (χ1v) is 5.18. The molecular formula is C10H14N6O. The van der Waals surface area contributed by atoms with Crippen LogP contribution in [0.4, 0.5) is 11.9 Å². The van der Waals surface area contributed by atoms with Crippen molar-refractivity contribution in [3.8, 4) is 0 Å². The van der Waals surface area contributed by atoms with Gasteiger partial charge in [0.05, 0.1) is 6.54 Å². The maximum Gasteiger partial charge on any atom is 0.265 e. The maximum absolute atomic E-state index is 5.06. The van der Waals surface area contributed by atoms with Gasteiger partial charge < -0.3 is 14.7 Å². The van der Waals surface area contributed by atoms with Crippen molar-refractivity contribution in [2.24, 2.45) is 0 Å². The van der Waals surface area contributed by atoms with Gasteiger partial charge in [-0.05, 0) is 18.1 Å². The van der Waals surface area contributed by atoms with Crippen LogP contribution in [0.3, 0.4) is 0 Å². The van der Waals surface area contributed by atoms with E-state index in [0.717, 1.165) is 5.69 Å². The molecule has 2 rings (SSSR count). The van der Waals surface area contributed by atoms with Gasteiger partial charge in [-0.2, -0.15) is 4.98 Å². The number of hydrogen-bond donors (Lipinski definition) is 1. The molecule has 17 heavy (non-hydrogen) atoms. The fraction of sp³-hybridized carbons (Fsp3) is 0.400. The standard InChI is InChI=1S/C10H14N6O/c1-7-4-5-11-9(13-7)12-6-8-14-10(15-17-8)16(2)3/h4-5H,6H2,1-3H3,(H,11,12,13). The Morgan fingerprint density at radius 3 is 2.82 bits per heavy atom. The van der Waals surface area contributed by atoms with E-state index in [1.54, 1.807) is 11.1 Å². The molecule has 0 fully saturated rings. The minimum atomic E-state index is 0.407. The molecular weight excluding hydrogens is 220 g/mol. The zero-order valence-electron chi connectivity index (χ0n) is 10.0. The molecule has 0 atom stereocenters. The lowest BCUT2D eigenvalue weighted by Gasteiger charge is -2.03. The molecule has 0 saturated heterocycles. The summed E-state index contributed by atoms with van der Waals surface area (Å²) in [6.45, 7) is 2.31. The second kappa shape index (κ2) is 4.77. The van der Waals surface area contributed by atoms with Gasteiger partial charge in [0.15, 0.2) is 0 Å². The fourth-order valence-electron chi connectivity index (χ4n) is 1.19. The quantitative estimate of drug-likeness (QED) is 0.839. The van der Waals surface area contributed by atoms with Crippen LogP contribution in [0.15, 0.2) is 16.8 Å². The summed E-state index contributed by atoms with van der Waals surface area (Å²) >= 11 is 0. The van der Waals surface area contributed by atoms with E-state index >= 15 is 0 Å². The van der Waals surface area contributed by atoms with Crippen molar-refractivity contribution in [3.05, 3.63) is 23.8 Å². The third-order valence-electron chi connectivity index (χ3n) is 2.05. The topological polar surface area (TPSA) is 80.0 Å². The lowest BCUT2D eigenvalue weighted by atomic mass is 10.5. The molecule has 0 unspecified atom stereocenters. The molecule has 2 aromatic rings. The van der Waals surface area contributed by atoms with Crippen LogP contribution >= 0.6 is 0 Å². The van der Waals surface area contributed by atoms with Crippen molar-refractivity contribution in [1.29, 1.82) is 0 Å². The third-order valence-corrected chi connectivity index (χ3v) is 2.05. The summed E-state index contributed by atoms with van der Waals surface area (Å²) in [7, 11) is 3.71.